The molecule has 3 N–H and O–H groups in total. The summed E-state index contributed by atoms with van der Waals surface area (Å²) in [5, 5.41) is 7.47. The van der Waals surface area contributed by atoms with E-state index in [1.54, 1.807) is 11.5 Å². The molecule has 2 aromatic rings. The summed E-state index contributed by atoms with van der Waals surface area (Å²) in [6, 6.07) is 0. The summed E-state index contributed by atoms with van der Waals surface area (Å²) < 4.78 is 3.57. The predicted octanol–water partition coefficient (Wildman–Crippen LogP) is -0.948. The van der Waals surface area contributed by atoms with E-state index in [1.807, 2.05) is 28.0 Å². The molecular formula is C10H12IN7O2. The summed E-state index contributed by atoms with van der Waals surface area (Å²) in [5.74, 6) is 5.11. The SMILES string of the molecule is Cc1ncc(I)c(=O)n1CCn1cc(C(=O)NN)nn1. The Kier molecular flexibility index (Phi) is 4.44. The molecule has 9 nitrogen and oxygen atoms in total. The minimum absolute atomic E-state index is 0.0989. The lowest BCUT2D eigenvalue weighted by molar-refractivity contribution is 0.0948. The Morgan fingerprint density at radius 3 is 2.95 bits per heavy atom. The zero-order valence-corrected chi connectivity index (χ0v) is 12.7. The number of amides is 1. The van der Waals surface area contributed by atoms with Crippen LogP contribution >= 0.6 is 22.6 Å². The van der Waals surface area contributed by atoms with Crippen molar-refractivity contribution in [1.29, 1.82) is 0 Å². The highest BCUT2D eigenvalue weighted by atomic mass is 127. The van der Waals surface area contributed by atoms with E-state index in [0.717, 1.165) is 0 Å². The Bertz CT molecular complexity index is 693. The first-order chi connectivity index (χ1) is 9.52. The van der Waals surface area contributed by atoms with Crippen LogP contribution in [-0.4, -0.2) is 30.5 Å². The van der Waals surface area contributed by atoms with Gasteiger partial charge in [-0.15, -0.1) is 5.10 Å². The fourth-order valence-corrected chi connectivity index (χ4v) is 2.03. The maximum absolute atomic E-state index is 12.0. The highest BCUT2D eigenvalue weighted by Crippen LogP contribution is 1.99. The second-order valence-corrected chi connectivity index (χ2v) is 5.11. The highest BCUT2D eigenvalue weighted by Gasteiger charge is 2.10. The van der Waals surface area contributed by atoms with E-state index in [-0.39, 0.29) is 11.3 Å². The van der Waals surface area contributed by atoms with E-state index in [2.05, 4.69) is 15.3 Å². The molecule has 2 aromatic heterocycles. The van der Waals surface area contributed by atoms with E-state index in [9.17, 15) is 9.59 Å². The van der Waals surface area contributed by atoms with Gasteiger partial charge in [0, 0.05) is 12.7 Å². The van der Waals surface area contributed by atoms with Crippen molar-refractivity contribution in [3.8, 4) is 0 Å². The third-order valence-corrected chi connectivity index (χ3v) is 3.40. The van der Waals surface area contributed by atoms with Crippen molar-refractivity contribution in [2.45, 2.75) is 20.0 Å². The van der Waals surface area contributed by atoms with Gasteiger partial charge >= 0.3 is 0 Å². The number of nitrogens with zero attached hydrogens (tertiary/aromatic N) is 5. The minimum Gasteiger partial charge on any atom is -0.294 e. The van der Waals surface area contributed by atoms with Gasteiger partial charge in [-0.25, -0.2) is 15.5 Å². The molecule has 0 aliphatic heterocycles. The molecule has 20 heavy (non-hydrogen) atoms. The molecule has 1 amide bonds. The molecule has 0 aliphatic rings. The lowest BCUT2D eigenvalue weighted by atomic mass is 10.4. The van der Waals surface area contributed by atoms with Crippen molar-refractivity contribution in [2.75, 3.05) is 0 Å². The van der Waals surface area contributed by atoms with E-state index in [4.69, 9.17) is 5.84 Å². The van der Waals surface area contributed by atoms with Crippen molar-refractivity contribution in [2.24, 2.45) is 5.84 Å². The Labute approximate surface area is 127 Å². The van der Waals surface area contributed by atoms with Gasteiger partial charge in [-0.1, -0.05) is 5.21 Å². The Morgan fingerprint density at radius 1 is 1.50 bits per heavy atom. The average Bonchev–Trinajstić information content (AvgIpc) is 2.91. The van der Waals surface area contributed by atoms with Crippen LogP contribution in [0.3, 0.4) is 0 Å². The van der Waals surface area contributed by atoms with Gasteiger partial charge in [0.1, 0.15) is 5.82 Å². The molecule has 0 spiro atoms. The first-order valence-electron chi connectivity index (χ1n) is 5.66. The van der Waals surface area contributed by atoms with Crippen LogP contribution in [0.1, 0.15) is 16.3 Å². The fourth-order valence-electron chi connectivity index (χ4n) is 1.60. The van der Waals surface area contributed by atoms with E-state index in [1.165, 1.54) is 17.1 Å². The molecule has 2 heterocycles. The maximum atomic E-state index is 12.0. The number of halogens is 1. The van der Waals surface area contributed by atoms with Gasteiger partial charge in [-0.3, -0.25) is 19.6 Å². The zero-order chi connectivity index (χ0) is 14.7. The van der Waals surface area contributed by atoms with Crippen LogP contribution in [0.15, 0.2) is 17.2 Å². The van der Waals surface area contributed by atoms with Gasteiger partial charge in [0.25, 0.3) is 11.5 Å². The van der Waals surface area contributed by atoms with Crippen LogP contribution in [0, 0.1) is 10.5 Å². The largest absolute Gasteiger partial charge is 0.294 e. The topological polar surface area (TPSA) is 121 Å². The van der Waals surface area contributed by atoms with Crippen LogP contribution < -0.4 is 16.8 Å². The van der Waals surface area contributed by atoms with Crippen LogP contribution in [0.5, 0.6) is 0 Å². The third-order valence-electron chi connectivity index (χ3n) is 2.66. The summed E-state index contributed by atoms with van der Waals surface area (Å²) in [6.45, 7) is 2.54. The number of hydrogen-bond acceptors (Lipinski definition) is 6. The number of rotatable bonds is 4. The Morgan fingerprint density at radius 2 is 2.25 bits per heavy atom. The third kappa shape index (κ3) is 3.01. The summed E-state index contributed by atoms with van der Waals surface area (Å²) in [7, 11) is 0. The van der Waals surface area contributed by atoms with Crippen molar-refractivity contribution in [1.82, 2.24) is 30.0 Å². The summed E-state index contributed by atoms with van der Waals surface area (Å²) in [4.78, 5) is 27.3. The van der Waals surface area contributed by atoms with Crippen molar-refractivity contribution >= 4 is 28.5 Å². The fraction of sp³-hybridized carbons (Fsp3) is 0.300. The van der Waals surface area contributed by atoms with Gasteiger partial charge in [0.05, 0.1) is 16.3 Å². The summed E-state index contributed by atoms with van der Waals surface area (Å²) in [6.07, 6.45) is 3.00. The van der Waals surface area contributed by atoms with E-state index < -0.39 is 5.91 Å². The normalized spacial score (nSPS) is 10.6. The van der Waals surface area contributed by atoms with Crippen LogP contribution in [0.25, 0.3) is 0 Å². The molecule has 0 bridgehead atoms. The number of nitrogens with one attached hydrogen (secondary N) is 1. The van der Waals surface area contributed by atoms with Gasteiger partial charge in [-0.2, -0.15) is 0 Å². The Balaban J connectivity index is 2.13. The lowest BCUT2D eigenvalue weighted by Gasteiger charge is -2.08. The number of carbonyl (C=O) groups excluding carboxylic acids is 1. The van der Waals surface area contributed by atoms with Gasteiger partial charge in [-0.05, 0) is 29.5 Å². The lowest BCUT2D eigenvalue weighted by Crippen LogP contribution is -2.30. The molecule has 2 rings (SSSR count). The van der Waals surface area contributed by atoms with Crippen LogP contribution in [-0.2, 0) is 13.1 Å². The van der Waals surface area contributed by atoms with E-state index >= 15 is 0 Å². The van der Waals surface area contributed by atoms with Crippen molar-refractivity contribution in [3.05, 3.63) is 37.8 Å². The maximum Gasteiger partial charge on any atom is 0.287 e. The first-order valence-corrected chi connectivity index (χ1v) is 6.74. The molecule has 0 saturated carbocycles. The number of aryl methyl sites for hydroxylation is 2. The molecule has 0 fully saturated rings. The van der Waals surface area contributed by atoms with Crippen molar-refractivity contribution < 1.29 is 4.79 Å². The van der Waals surface area contributed by atoms with Gasteiger partial charge in [0.2, 0.25) is 0 Å². The minimum atomic E-state index is -0.513. The van der Waals surface area contributed by atoms with Crippen LogP contribution in [0.2, 0.25) is 0 Å². The number of hydrogen-bond donors (Lipinski definition) is 2. The molecule has 0 atom stereocenters. The Hall–Kier alpha value is -1.82. The number of nitrogen functional groups attached to an aromatic ring is 1. The van der Waals surface area contributed by atoms with Crippen LogP contribution in [0.4, 0.5) is 0 Å². The summed E-state index contributed by atoms with van der Waals surface area (Å²) >= 11 is 1.94. The molecule has 0 saturated heterocycles. The highest BCUT2D eigenvalue weighted by molar-refractivity contribution is 14.1. The number of aromatic nitrogens is 5. The van der Waals surface area contributed by atoms with Crippen molar-refractivity contribution in [3.63, 3.8) is 0 Å². The second kappa shape index (κ2) is 6.09. The molecule has 0 unspecified atom stereocenters. The second-order valence-electron chi connectivity index (χ2n) is 3.95. The number of hydrazine groups is 1. The average molecular weight is 389 g/mol. The molecule has 10 heteroatoms. The monoisotopic (exact) mass is 389 g/mol. The first kappa shape index (κ1) is 14.6. The van der Waals surface area contributed by atoms with Gasteiger partial charge < -0.3 is 0 Å². The number of carbonyl (C=O) groups is 1. The predicted molar refractivity (Wildman–Crippen MR) is 77.6 cm³/mol. The zero-order valence-electron chi connectivity index (χ0n) is 10.6. The summed E-state index contributed by atoms with van der Waals surface area (Å²) in [5.41, 5.74) is 2.00. The molecule has 106 valence electrons. The number of nitrogens with two attached hydrogens (primary N) is 1. The quantitative estimate of drug-likeness (QED) is 0.301. The van der Waals surface area contributed by atoms with Gasteiger partial charge in [0.15, 0.2) is 5.69 Å². The molecule has 0 aromatic carbocycles. The molecule has 0 aliphatic carbocycles. The molecule has 0 radical (unpaired) electrons. The smallest absolute Gasteiger partial charge is 0.287 e. The molecular weight excluding hydrogens is 377 g/mol. The van der Waals surface area contributed by atoms with E-state index in [0.29, 0.717) is 22.5 Å². The standard InChI is InChI=1S/C10H12IN7O2/c1-6-13-4-7(11)10(20)18(6)3-2-17-5-8(15-16-17)9(19)14-12/h4-5H,2-3,12H2,1H3,(H,14,19).